The Bertz CT molecular complexity index is 742. The van der Waals surface area contributed by atoms with Gasteiger partial charge in [-0.15, -0.1) is 0 Å². The molecule has 2 aromatic carbocycles. The van der Waals surface area contributed by atoms with Crippen molar-refractivity contribution in [2.24, 2.45) is 0 Å². The second-order valence-corrected chi connectivity index (χ2v) is 11.2. The quantitative estimate of drug-likeness (QED) is 0.631. The summed E-state index contributed by atoms with van der Waals surface area (Å²) in [6.45, 7) is 7.18. The maximum Gasteiger partial charge on any atom is 0.0785 e. The largest absolute Gasteiger partial charge is 0.248 e. The number of aromatic nitrogens is 1. The van der Waals surface area contributed by atoms with E-state index in [1.165, 1.54) is 16.1 Å². The van der Waals surface area contributed by atoms with Crippen LogP contribution in [0.5, 0.6) is 0 Å². The SMILES string of the molecule is C[Si](C)(C)c1cc(-c2ccccc2)nc2ccccc12. The van der Waals surface area contributed by atoms with Gasteiger partial charge in [0, 0.05) is 5.56 Å². The van der Waals surface area contributed by atoms with E-state index in [0.29, 0.717) is 0 Å². The number of fused-ring (bicyclic) bond motifs is 1. The van der Waals surface area contributed by atoms with Crippen LogP contribution in [0.1, 0.15) is 0 Å². The summed E-state index contributed by atoms with van der Waals surface area (Å²) in [4.78, 5) is 4.84. The third kappa shape index (κ3) is 2.39. The van der Waals surface area contributed by atoms with Gasteiger partial charge in [0.2, 0.25) is 0 Å². The monoisotopic (exact) mass is 277 g/mol. The molecule has 0 bridgehead atoms. The third-order valence-corrected chi connectivity index (χ3v) is 5.62. The van der Waals surface area contributed by atoms with Crippen molar-refractivity contribution in [3.05, 3.63) is 60.7 Å². The fourth-order valence-corrected chi connectivity index (χ4v) is 4.14. The molecule has 1 nitrogen and oxygen atoms in total. The van der Waals surface area contributed by atoms with Crippen LogP contribution < -0.4 is 5.19 Å². The maximum atomic E-state index is 4.84. The molecule has 0 N–H and O–H groups in total. The summed E-state index contributed by atoms with van der Waals surface area (Å²) in [5, 5.41) is 2.80. The maximum absolute atomic E-state index is 4.84. The van der Waals surface area contributed by atoms with E-state index >= 15 is 0 Å². The minimum atomic E-state index is -1.40. The molecule has 0 aliphatic rings. The molecule has 0 saturated heterocycles. The van der Waals surface area contributed by atoms with Crippen LogP contribution in [-0.2, 0) is 0 Å². The molecular formula is C18H19NSi. The Hall–Kier alpha value is -1.93. The van der Waals surface area contributed by atoms with Crippen LogP contribution in [-0.4, -0.2) is 13.1 Å². The predicted octanol–water partition coefficient (Wildman–Crippen LogP) is 4.45. The van der Waals surface area contributed by atoms with E-state index in [1.807, 2.05) is 6.07 Å². The lowest BCUT2D eigenvalue weighted by atomic mass is 10.1. The van der Waals surface area contributed by atoms with Crippen LogP contribution in [0.3, 0.4) is 0 Å². The smallest absolute Gasteiger partial charge is 0.0785 e. The fourth-order valence-electron chi connectivity index (χ4n) is 2.55. The summed E-state index contributed by atoms with van der Waals surface area (Å²) in [7, 11) is -1.40. The molecular weight excluding hydrogens is 258 g/mol. The molecule has 2 heteroatoms. The number of hydrogen-bond acceptors (Lipinski definition) is 1. The average Bonchev–Trinajstić information content (AvgIpc) is 2.46. The summed E-state index contributed by atoms with van der Waals surface area (Å²) in [6, 6.07) is 21.2. The van der Waals surface area contributed by atoms with Gasteiger partial charge in [-0.25, -0.2) is 4.98 Å². The first-order valence-corrected chi connectivity index (χ1v) is 10.5. The first-order chi connectivity index (χ1) is 9.55. The standard InChI is InChI=1S/C18H19NSi/c1-20(2,3)18-13-17(14-9-5-4-6-10-14)19-16-12-8-7-11-15(16)18/h4-13H,1-3H3. The molecule has 0 unspecified atom stereocenters. The lowest BCUT2D eigenvalue weighted by Gasteiger charge is -2.20. The van der Waals surface area contributed by atoms with E-state index in [0.717, 1.165) is 11.2 Å². The molecule has 0 fully saturated rings. The highest BCUT2D eigenvalue weighted by atomic mass is 28.3. The molecule has 0 saturated carbocycles. The van der Waals surface area contributed by atoms with Gasteiger partial charge in [0.05, 0.1) is 19.3 Å². The van der Waals surface area contributed by atoms with E-state index in [1.54, 1.807) is 0 Å². The lowest BCUT2D eigenvalue weighted by molar-refractivity contribution is 1.40. The van der Waals surface area contributed by atoms with Crippen molar-refractivity contribution in [3.8, 4) is 11.3 Å². The van der Waals surface area contributed by atoms with Crippen LogP contribution in [0.25, 0.3) is 22.2 Å². The van der Waals surface area contributed by atoms with E-state index in [9.17, 15) is 0 Å². The molecule has 1 aromatic heterocycles. The Morgan fingerprint density at radius 3 is 2.15 bits per heavy atom. The molecule has 0 aliphatic heterocycles. The van der Waals surface area contributed by atoms with Crippen LogP contribution in [0, 0.1) is 0 Å². The Balaban J connectivity index is 2.31. The first kappa shape index (κ1) is 13.1. The minimum absolute atomic E-state index is 1.08. The summed E-state index contributed by atoms with van der Waals surface area (Å²) in [6.07, 6.45) is 0. The molecule has 0 spiro atoms. The van der Waals surface area contributed by atoms with Gasteiger partial charge in [-0.3, -0.25) is 0 Å². The summed E-state index contributed by atoms with van der Waals surface area (Å²) in [5.74, 6) is 0. The topological polar surface area (TPSA) is 12.9 Å². The normalized spacial score (nSPS) is 11.8. The summed E-state index contributed by atoms with van der Waals surface area (Å²) >= 11 is 0. The van der Waals surface area contributed by atoms with Crippen molar-refractivity contribution in [2.45, 2.75) is 19.6 Å². The van der Waals surface area contributed by atoms with E-state index in [2.05, 4.69) is 74.2 Å². The summed E-state index contributed by atoms with van der Waals surface area (Å²) in [5.41, 5.74) is 3.38. The van der Waals surface area contributed by atoms with E-state index < -0.39 is 8.07 Å². The zero-order chi connectivity index (χ0) is 14.2. The third-order valence-electron chi connectivity index (χ3n) is 3.59. The Morgan fingerprint density at radius 2 is 1.45 bits per heavy atom. The van der Waals surface area contributed by atoms with Gasteiger partial charge in [-0.05, 0) is 22.7 Å². The number of nitrogens with zero attached hydrogens (tertiary/aromatic N) is 1. The number of benzene rings is 2. The van der Waals surface area contributed by atoms with Gasteiger partial charge >= 0.3 is 0 Å². The molecule has 0 radical (unpaired) electrons. The zero-order valence-corrected chi connectivity index (χ0v) is 13.2. The van der Waals surface area contributed by atoms with Gasteiger partial charge in [0.25, 0.3) is 0 Å². The second kappa shape index (κ2) is 4.87. The molecule has 100 valence electrons. The van der Waals surface area contributed by atoms with E-state index in [-0.39, 0.29) is 0 Å². The van der Waals surface area contributed by atoms with Crippen LogP contribution in [0.15, 0.2) is 60.7 Å². The van der Waals surface area contributed by atoms with Crippen molar-refractivity contribution in [2.75, 3.05) is 0 Å². The van der Waals surface area contributed by atoms with Crippen molar-refractivity contribution >= 4 is 24.2 Å². The molecule has 0 atom stereocenters. The number of pyridine rings is 1. The van der Waals surface area contributed by atoms with Crippen molar-refractivity contribution in [1.29, 1.82) is 0 Å². The first-order valence-electron chi connectivity index (χ1n) is 7.01. The van der Waals surface area contributed by atoms with E-state index in [4.69, 9.17) is 4.98 Å². The second-order valence-electron chi connectivity index (χ2n) is 6.19. The number of hydrogen-bond donors (Lipinski definition) is 0. The minimum Gasteiger partial charge on any atom is -0.248 e. The van der Waals surface area contributed by atoms with Crippen LogP contribution in [0.2, 0.25) is 19.6 Å². The molecule has 0 aliphatic carbocycles. The Labute approximate surface area is 121 Å². The van der Waals surface area contributed by atoms with Crippen LogP contribution >= 0.6 is 0 Å². The molecule has 0 amide bonds. The van der Waals surface area contributed by atoms with Crippen molar-refractivity contribution in [1.82, 2.24) is 4.98 Å². The number of rotatable bonds is 2. The predicted molar refractivity (Wildman–Crippen MR) is 90.2 cm³/mol. The molecule has 3 aromatic rings. The molecule has 1 heterocycles. The van der Waals surface area contributed by atoms with Gasteiger partial charge < -0.3 is 0 Å². The van der Waals surface area contributed by atoms with Crippen molar-refractivity contribution in [3.63, 3.8) is 0 Å². The Morgan fingerprint density at radius 1 is 0.800 bits per heavy atom. The Kier molecular flexibility index (Phi) is 3.18. The average molecular weight is 277 g/mol. The molecule has 3 rings (SSSR count). The zero-order valence-electron chi connectivity index (χ0n) is 12.2. The molecule has 20 heavy (non-hydrogen) atoms. The highest BCUT2D eigenvalue weighted by Crippen LogP contribution is 2.21. The highest BCUT2D eigenvalue weighted by Gasteiger charge is 2.20. The van der Waals surface area contributed by atoms with Gasteiger partial charge in [0.15, 0.2) is 0 Å². The lowest BCUT2D eigenvalue weighted by Crippen LogP contribution is -2.38. The van der Waals surface area contributed by atoms with Gasteiger partial charge in [-0.2, -0.15) is 0 Å². The van der Waals surface area contributed by atoms with Crippen molar-refractivity contribution < 1.29 is 0 Å². The highest BCUT2D eigenvalue weighted by molar-refractivity contribution is 6.90. The number of para-hydroxylation sites is 1. The van der Waals surface area contributed by atoms with Gasteiger partial charge in [0.1, 0.15) is 0 Å². The fraction of sp³-hybridized carbons (Fsp3) is 0.167. The summed E-state index contributed by atoms with van der Waals surface area (Å²) < 4.78 is 0. The van der Waals surface area contributed by atoms with Gasteiger partial charge in [-0.1, -0.05) is 68.2 Å². The van der Waals surface area contributed by atoms with Crippen LogP contribution in [0.4, 0.5) is 0 Å².